The van der Waals surface area contributed by atoms with Crippen LogP contribution in [0.2, 0.25) is 0 Å². The monoisotopic (exact) mass is 212 g/mol. The van der Waals surface area contributed by atoms with Gasteiger partial charge in [-0.1, -0.05) is 6.92 Å². The third-order valence-electron chi connectivity index (χ3n) is 2.46. The molecule has 1 aliphatic carbocycles. The van der Waals surface area contributed by atoms with Crippen molar-refractivity contribution < 1.29 is 23.9 Å². The van der Waals surface area contributed by atoms with Gasteiger partial charge in [0.2, 0.25) is 0 Å². The summed E-state index contributed by atoms with van der Waals surface area (Å²) in [6, 6.07) is 0. The first kappa shape index (κ1) is 11.6. The van der Waals surface area contributed by atoms with Crippen molar-refractivity contribution in [1.29, 1.82) is 0 Å². The SMILES string of the molecule is CCC(=O)C1(OC=O)CC(=O)CC(=O)C1. The average Bonchev–Trinajstić information content (AvgIpc) is 2.15. The summed E-state index contributed by atoms with van der Waals surface area (Å²) in [4.78, 5) is 44.3. The van der Waals surface area contributed by atoms with Crippen LogP contribution in [0.15, 0.2) is 0 Å². The molecule has 0 saturated heterocycles. The molecule has 0 spiro atoms. The molecule has 0 aromatic rings. The number of hydrogen-bond acceptors (Lipinski definition) is 5. The molecule has 5 heteroatoms. The Labute approximate surface area is 86.8 Å². The minimum absolute atomic E-state index is 0.124. The zero-order valence-corrected chi connectivity index (χ0v) is 8.45. The van der Waals surface area contributed by atoms with Crippen LogP contribution in [-0.4, -0.2) is 29.4 Å². The molecule has 0 aliphatic heterocycles. The van der Waals surface area contributed by atoms with E-state index in [1.807, 2.05) is 0 Å². The molecule has 0 N–H and O–H groups in total. The molecule has 82 valence electrons. The summed E-state index contributed by atoms with van der Waals surface area (Å²) in [6.45, 7) is 1.72. The minimum atomic E-state index is -1.52. The van der Waals surface area contributed by atoms with E-state index in [4.69, 9.17) is 4.74 Å². The number of carbonyl (C=O) groups is 4. The second kappa shape index (κ2) is 4.33. The number of hydrogen-bond donors (Lipinski definition) is 0. The van der Waals surface area contributed by atoms with Crippen LogP contribution in [-0.2, 0) is 23.9 Å². The minimum Gasteiger partial charge on any atom is -0.452 e. The van der Waals surface area contributed by atoms with Gasteiger partial charge in [0.25, 0.3) is 6.47 Å². The van der Waals surface area contributed by atoms with E-state index >= 15 is 0 Å². The number of ketones is 3. The lowest BCUT2D eigenvalue weighted by Gasteiger charge is -2.31. The highest BCUT2D eigenvalue weighted by Crippen LogP contribution is 2.29. The molecule has 0 heterocycles. The number of ether oxygens (including phenoxy) is 1. The molecule has 15 heavy (non-hydrogen) atoms. The van der Waals surface area contributed by atoms with E-state index < -0.39 is 5.60 Å². The second-order valence-corrected chi connectivity index (χ2v) is 3.59. The van der Waals surface area contributed by atoms with Gasteiger partial charge in [0, 0.05) is 6.42 Å². The summed E-state index contributed by atoms with van der Waals surface area (Å²) in [5.41, 5.74) is -1.52. The summed E-state index contributed by atoms with van der Waals surface area (Å²) in [5, 5.41) is 0. The maximum Gasteiger partial charge on any atom is 0.294 e. The normalized spacial score (nSPS) is 19.8. The summed E-state index contributed by atoms with van der Waals surface area (Å²) >= 11 is 0. The predicted octanol–water partition coefficient (Wildman–Crippen LogP) is 0.199. The fraction of sp³-hybridized carbons (Fsp3) is 0.600. The van der Waals surface area contributed by atoms with Crippen LogP contribution in [0.4, 0.5) is 0 Å². The zero-order chi connectivity index (χ0) is 11.5. The summed E-state index contributed by atoms with van der Waals surface area (Å²) < 4.78 is 4.69. The maximum atomic E-state index is 11.6. The summed E-state index contributed by atoms with van der Waals surface area (Å²) in [7, 11) is 0. The Kier molecular flexibility index (Phi) is 3.34. The highest BCUT2D eigenvalue weighted by Gasteiger charge is 2.46. The van der Waals surface area contributed by atoms with Gasteiger partial charge in [-0.2, -0.15) is 0 Å². The fourth-order valence-electron chi connectivity index (χ4n) is 1.80. The van der Waals surface area contributed by atoms with E-state index in [-0.39, 0.29) is 49.5 Å². The molecule has 0 radical (unpaired) electrons. The first-order chi connectivity index (χ1) is 7.04. The van der Waals surface area contributed by atoms with Gasteiger partial charge >= 0.3 is 0 Å². The first-order valence-electron chi connectivity index (χ1n) is 4.72. The molecule has 5 nitrogen and oxygen atoms in total. The lowest BCUT2D eigenvalue weighted by molar-refractivity contribution is -0.164. The molecule has 0 aromatic carbocycles. The Bertz CT molecular complexity index is 302. The molecule has 0 amide bonds. The molecule has 0 atom stereocenters. The Hall–Kier alpha value is -1.52. The third-order valence-corrected chi connectivity index (χ3v) is 2.46. The van der Waals surface area contributed by atoms with Crippen molar-refractivity contribution >= 4 is 23.8 Å². The molecule has 1 rings (SSSR count). The van der Waals surface area contributed by atoms with Crippen molar-refractivity contribution in [3.63, 3.8) is 0 Å². The van der Waals surface area contributed by atoms with Crippen LogP contribution in [0.5, 0.6) is 0 Å². The molecule has 0 bridgehead atoms. The highest BCUT2D eigenvalue weighted by atomic mass is 16.5. The Morgan fingerprint density at radius 1 is 1.40 bits per heavy atom. The van der Waals surface area contributed by atoms with E-state index in [1.165, 1.54) is 0 Å². The van der Waals surface area contributed by atoms with Gasteiger partial charge in [-0.25, -0.2) is 0 Å². The van der Waals surface area contributed by atoms with E-state index in [2.05, 4.69) is 0 Å². The van der Waals surface area contributed by atoms with Crippen LogP contribution < -0.4 is 0 Å². The van der Waals surface area contributed by atoms with Crippen molar-refractivity contribution in [2.75, 3.05) is 0 Å². The quantitative estimate of drug-likeness (QED) is 0.491. The van der Waals surface area contributed by atoms with Crippen LogP contribution in [0.3, 0.4) is 0 Å². The van der Waals surface area contributed by atoms with E-state index in [0.717, 1.165) is 0 Å². The maximum absolute atomic E-state index is 11.6. The van der Waals surface area contributed by atoms with Crippen molar-refractivity contribution in [3.8, 4) is 0 Å². The van der Waals surface area contributed by atoms with Gasteiger partial charge in [0.05, 0.1) is 19.3 Å². The molecule has 1 fully saturated rings. The Morgan fingerprint density at radius 2 is 1.93 bits per heavy atom. The molecular formula is C10H12O5. The molecule has 1 saturated carbocycles. The fourth-order valence-corrected chi connectivity index (χ4v) is 1.80. The van der Waals surface area contributed by atoms with Gasteiger partial charge in [0.15, 0.2) is 11.4 Å². The van der Waals surface area contributed by atoms with Gasteiger partial charge < -0.3 is 4.74 Å². The van der Waals surface area contributed by atoms with Crippen molar-refractivity contribution in [1.82, 2.24) is 0 Å². The standard InChI is InChI=1S/C10H12O5/c1-2-9(14)10(15-6-11)4-7(12)3-8(13)5-10/h6H,2-5H2,1H3. The van der Waals surface area contributed by atoms with E-state index in [1.54, 1.807) is 6.92 Å². The second-order valence-electron chi connectivity index (χ2n) is 3.59. The molecule has 0 aromatic heterocycles. The Morgan fingerprint density at radius 3 is 2.33 bits per heavy atom. The number of carbonyl (C=O) groups excluding carboxylic acids is 4. The van der Waals surface area contributed by atoms with Crippen LogP contribution in [0.1, 0.15) is 32.6 Å². The zero-order valence-electron chi connectivity index (χ0n) is 8.45. The smallest absolute Gasteiger partial charge is 0.294 e. The van der Waals surface area contributed by atoms with Crippen molar-refractivity contribution in [2.24, 2.45) is 0 Å². The predicted molar refractivity (Wildman–Crippen MR) is 49.0 cm³/mol. The lowest BCUT2D eigenvalue weighted by atomic mass is 9.79. The number of rotatable bonds is 4. The van der Waals surface area contributed by atoms with E-state index in [9.17, 15) is 19.2 Å². The average molecular weight is 212 g/mol. The third kappa shape index (κ3) is 2.29. The van der Waals surface area contributed by atoms with Crippen LogP contribution >= 0.6 is 0 Å². The van der Waals surface area contributed by atoms with Crippen molar-refractivity contribution in [3.05, 3.63) is 0 Å². The number of Topliss-reactive ketones (excluding diaryl/α,β-unsaturated/α-hetero) is 3. The van der Waals surface area contributed by atoms with Gasteiger partial charge in [0.1, 0.15) is 11.6 Å². The van der Waals surface area contributed by atoms with Gasteiger partial charge in [-0.3, -0.25) is 19.2 Å². The largest absolute Gasteiger partial charge is 0.452 e. The molecule has 0 unspecified atom stereocenters. The topological polar surface area (TPSA) is 77.5 Å². The summed E-state index contributed by atoms with van der Waals surface area (Å²) in [5.74, 6) is -1.08. The first-order valence-corrected chi connectivity index (χ1v) is 4.72. The highest BCUT2D eigenvalue weighted by molar-refractivity contribution is 6.08. The van der Waals surface area contributed by atoms with Crippen LogP contribution in [0, 0.1) is 0 Å². The molecule has 1 aliphatic rings. The molecular weight excluding hydrogens is 200 g/mol. The van der Waals surface area contributed by atoms with E-state index in [0.29, 0.717) is 0 Å². The summed E-state index contributed by atoms with van der Waals surface area (Å²) in [6.07, 6.45) is -0.385. The van der Waals surface area contributed by atoms with Gasteiger partial charge in [-0.05, 0) is 0 Å². The van der Waals surface area contributed by atoms with Gasteiger partial charge in [-0.15, -0.1) is 0 Å². The van der Waals surface area contributed by atoms with Crippen molar-refractivity contribution in [2.45, 2.75) is 38.2 Å². The van der Waals surface area contributed by atoms with Crippen LogP contribution in [0.25, 0.3) is 0 Å². The lowest BCUT2D eigenvalue weighted by Crippen LogP contribution is -2.48. The Balaban J connectivity index is 2.98.